The van der Waals surface area contributed by atoms with Crippen molar-refractivity contribution >= 4 is 17.7 Å². The Balaban J connectivity index is 2.02. The zero-order valence-corrected chi connectivity index (χ0v) is 15.1. The first kappa shape index (κ1) is 19.9. The highest BCUT2D eigenvalue weighted by Crippen LogP contribution is 2.36. The molecule has 142 valence electrons. The smallest absolute Gasteiger partial charge is 0.330 e. The van der Waals surface area contributed by atoms with Gasteiger partial charge in [0.1, 0.15) is 6.54 Å². The van der Waals surface area contributed by atoms with Crippen LogP contribution in [0.4, 0.5) is 13.2 Å². The molecule has 1 saturated carbocycles. The van der Waals surface area contributed by atoms with Crippen molar-refractivity contribution in [3.63, 3.8) is 0 Å². The van der Waals surface area contributed by atoms with Crippen molar-refractivity contribution in [1.29, 1.82) is 0 Å². The summed E-state index contributed by atoms with van der Waals surface area (Å²) in [5.41, 5.74) is -0.373. The Kier molecular flexibility index (Phi) is 6.59. The van der Waals surface area contributed by atoms with E-state index >= 15 is 0 Å². The summed E-state index contributed by atoms with van der Waals surface area (Å²) in [5.74, 6) is -0.618. The van der Waals surface area contributed by atoms with Gasteiger partial charge in [0.15, 0.2) is 5.16 Å². The number of thioether (sulfide) groups is 1. The maximum Gasteiger partial charge on any atom is 0.406 e. The third-order valence-electron chi connectivity index (χ3n) is 4.25. The average Bonchev–Trinajstić information content (AvgIpc) is 3.32. The first-order valence-electron chi connectivity index (χ1n) is 8.37. The second-order valence-corrected chi connectivity index (χ2v) is 7.26. The number of unbranched alkanes of at least 4 members (excludes halogenated alkanes) is 1. The van der Waals surface area contributed by atoms with Crippen LogP contribution in [0.25, 0.3) is 0 Å². The number of hydrogen-bond donors (Lipinski definition) is 1. The van der Waals surface area contributed by atoms with Crippen LogP contribution >= 0.6 is 11.8 Å². The monoisotopic (exact) mass is 380 g/mol. The van der Waals surface area contributed by atoms with E-state index in [9.17, 15) is 22.8 Å². The topological polar surface area (TPSA) is 71.0 Å². The number of carbonyl (C=O) groups is 1. The minimum atomic E-state index is -4.43. The quantitative estimate of drug-likeness (QED) is 0.669. The van der Waals surface area contributed by atoms with E-state index in [0.717, 1.165) is 42.3 Å². The summed E-state index contributed by atoms with van der Waals surface area (Å²) >= 11 is 0.992. The van der Waals surface area contributed by atoms with Gasteiger partial charge in [-0.2, -0.15) is 13.2 Å². The van der Waals surface area contributed by atoms with Crippen LogP contribution in [0.1, 0.15) is 39.5 Å². The van der Waals surface area contributed by atoms with E-state index in [1.54, 1.807) is 6.92 Å². The zero-order valence-electron chi connectivity index (χ0n) is 14.3. The number of alkyl halides is 3. The van der Waals surface area contributed by atoms with Crippen LogP contribution in [-0.4, -0.2) is 50.1 Å². The summed E-state index contributed by atoms with van der Waals surface area (Å²) in [7, 11) is 0. The van der Waals surface area contributed by atoms with Gasteiger partial charge >= 0.3 is 11.9 Å². The molecule has 1 N–H and O–H groups in total. The molecular formula is C15H23F3N4O2S. The summed E-state index contributed by atoms with van der Waals surface area (Å²) in [4.78, 5) is 25.0. The normalized spacial score (nSPS) is 16.0. The molecule has 2 rings (SSSR count). The van der Waals surface area contributed by atoms with Crippen LogP contribution in [0.5, 0.6) is 0 Å². The molecule has 0 bridgehead atoms. The summed E-state index contributed by atoms with van der Waals surface area (Å²) in [5, 5.41) is 6.51. The fourth-order valence-electron chi connectivity index (χ4n) is 2.62. The highest BCUT2D eigenvalue weighted by Gasteiger charge is 2.40. The molecule has 1 amide bonds. The zero-order chi connectivity index (χ0) is 18.6. The molecule has 1 atom stereocenters. The summed E-state index contributed by atoms with van der Waals surface area (Å²) in [6.45, 7) is 2.87. The van der Waals surface area contributed by atoms with Crippen molar-refractivity contribution in [3.05, 3.63) is 10.5 Å². The lowest BCUT2D eigenvalue weighted by Crippen LogP contribution is -2.46. The summed E-state index contributed by atoms with van der Waals surface area (Å²) in [6, 6.07) is -0.434. The number of hydrogen-bond acceptors (Lipinski definition) is 4. The predicted octanol–water partition coefficient (Wildman–Crippen LogP) is 2.65. The van der Waals surface area contributed by atoms with Gasteiger partial charge in [-0.25, -0.2) is 9.89 Å². The van der Waals surface area contributed by atoms with Crippen LogP contribution in [-0.2, 0) is 11.3 Å². The first-order chi connectivity index (χ1) is 11.7. The molecule has 25 heavy (non-hydrogen) atoms. The van der Waals surface area contributed by atoms with Crippen molar-refractivity contribution in [2.24, 2.45) is 5.92 Å². The van der Waals surface area contributed by atoms with E-state index < -0.39 is 24.7 Å². The van der Waals surface area contributed by atoms with Crippen molar-refractivity contribution in [1.82, 2.24) is 19.7 Å². The number of nitrogens with zero attached hydrogens (tertiary/aromatic N) is 3. The Morgan fingerprint density at radius 3 is 2.72 bits per heavy atom. The third kappa shape index (κ3) is 5.79. The van der Waals surface area contributed by atoms with Gasteiger partial charge in [-0.1, -0.05) is 25.1 Å². The fraction of sp³-hybridized carbons (Fsp3) is 0.800. The minimum absolute atomic E-state index is 0.143. The molecule has 1 aliphatic carbocycles. The number of H-pyrrole nitrogens is 1. The molecule has 1 fully saturated rings. The number of halogens is 3. The summed E-state index contributed by atoms with van der Waals surface area (Å²) in [6.07, 6.45) is -1.06. The lowest BCUT2D eigenvalue weighted by molar-refractivity contribution is -0.164. The predicted molar refractivity (Wildman–Crippen MR) is 88.4 cm³/mol. The van der Waals surface area contributed by atoms with Gasteiger partial charge in [0.05, 0.1) is 5.75 Å². The van der Waals surface area contributed by atoms with E-state index in [1.165, 1.54) is 4.57 Å². The van der Waals surface area contributed by atoms with Crippen molar-refractivity contribution in [2.45, 2.75) is 63.5 Å². The van der Waals surface area contributed by atoms with Gasteiger partial charge in [-0.05, 0) is 32.1 Å². The van der Waals surface area contributed by atoms with E-state index in [0.29, 0.717) is 11.7 Å². The molecule has 1 unspecified atom stereocenters. The van der Waals surface area contributed by atoms with E-state index in [2.05, 4.69) is 10.2 Å². The van der Waals surface area contributed by atoms with Gasteiger partial charge in [-0.15, -0.1) is 5.10 Å². The first-order valence-corrected chi connectivity index (χ1v) is 9.35. The number of amides is 1. The van der Waals surface area contributed by atoms with E-state index in [1.807, 2.05) is 6.92 Å². The number of aromatic nitrogens is 3. The number of rotatable bonds is 9. The van der Waals surface area contributed by atoms with Gasteiger partial charge in [-0.3, -0.25) is 9.36 Å². The molecule has 0 saturated heterocycles. The molecule has 1 aliphatic rings. The van der Waals surface area contributed by atoms with E-state index in [4.69, 9.17) is 0 Å². The van der Waals surface area contributed by atoms with Gasteiger partial charge in [0.2, 0.25) is 5.91 Å². The number of nitrogens with one attached hydrogen (secondary N) is 1. The minimum Gasteiger partial charge on any atom is -0.330 e. The Bertz CT molecular complexity index is 639. The lowest BCUT2D eigenvalue weighted by Gasteiger charge is -2.30. The maximum absolute atomic E-state index is 12.8. The van der Waals surface area contributed by atoms with Crippen molar-refractivity contribution in [2.75, 3.05) is 12.3 Å². The highest BCUT2D eigenvalue weighted by atomic mass is 32.2. The Hall–Kier alpha value is -1.45. The Morgan fingerprint density at radius 1 is 1.48 bits per heavy atom. The van der Waals surface area contributed by atoms with E-state index in [-0.39, 0.29) is 17.4 Å². The molecule has 1 aromatic rings. The molecule has 0 aromatic carbocycles. The number of aromatic amines is 1. The summed E-state index contributed by atoms with van der Waals surface area (Å²) < 4.78 is 39.9. The Morgan fingerprint density at radius 2 is 2.16 bits per heavy atom. The van der Waals surface area contributed by atoms with Crippen LogP contribution in [0.2, 0.25) is 0 Å². The molecule has 6 nitrogen and oxygen atoms in total. The largest absolute Gasteiger partial charge is 0.406 e. The SMILES string of the molecule is CCCCn1c(SCC(=O)N(CC(F)(F)F)C(C)C2CC2)n[nH]c1=O. The van der Waals surface area contributed by atoms with Gasteiger partial charge in [0, 0.05) is 12.6 Å². The second kappa shape index (κ2) is 8.29. The molecule has 1 heterocycles. The van der Waals surface area contributed by atoms with Gasteiger partial charge in [0.25, 0.3) is 0 Å². The van der Waals surface area contributed by atoms with Crippen LogP contribution in [0, 0.1) is 5.92 Å². The maximum atomic E-state index is 12.8. The lowest BCUT2D eigenvalue weighted by atomic mass is 10.2. The van der Waals surface area contributed by atoms with Gasteiger partial charge < -0.3 is 4.90 Å². The van der Waals surface area contributed by atoms with Crippen molar-refractivity contribution in [3.8, 4) is 0 Å². The standard InChI is InChI=1S/C15H23F3N4O2S/c1-3-4-7-21-13(24)19-20-14(21)25-8-12(23)22(9-15(16,17)18)10(2)11-5-6-11/h10-11H,3-9H2,1-2H3,(H,19,24). The number of carbonyl (C=O) groups excluding carboxylic acids is 1. The second-order valence-electron chi connectivity index (χ2n) is 6.32. The fourth-order valence-corrected chi connectivity index (χ4v) is 3.48. The highest BCUT2D eigenvalue weighted by molar-refractivity contribution is 7.99. The molecule has 10 heteroatoms. The molecule has 1 aromatic heterocycles. The average molecular weight is 380 g/mol. The Labute approximate surface area is 148 Å². The molecule has 0 aliphatic heterocycles. The molecule has 0 radical (unpaired) electrons. The third-order valence-corrected chi connectivity index (χ3v) is 5.21. The van der Waals surface area contributed by atoms with Crippen LogP contribution in [0.15, 0.2) is 9.95 Å². The molecular weight excluding hydrogens is 357 g/mol. The molecule has 0 spiro atoms. The van der Waals surface area contributed by atoms with Crippen LogP contribution in [0.3, 0.4) is 0 Å². The van der Waals surface area contributed by atoms with Crippen molar-refractivity contribution < 1.29 is 18.0 Å². The van der Waals surface area contributed by atoms with Crippen LogP contribution < -0.4 is 5.69 Å².